The highest BCUT2D eigenvalue weighted by Crippen LogP contribution is 1.91. The SMILES string of the molecule is NCCC[C@H](N)C(=O)O.O=C(O)CCC(=O)C(=O)O. The van der Waals surface area contributed by atoms with Gasteiger partial charge in [0.25, 0.3) is 0 Å². The highest BCUT2D eigenvalue weighted by molar-refractivity contribution is 6.32. The van der Waals surface area contributed by atoms with E-state index in [1.807, 2.05) is 0 Å². The number of hydrogen-bond donors (Lipinski definition) is 5. The first-order chi connectivity index (χ1) is 8.72. The summed E-state index contributed by atoms with van der Waals surface area (Å²) in [5.74, 6) is -4.78. The largest absolute Gasteiger partial charge is 0.481 e. The topological polar surface area (TPSA) is 181 Å². The molecule has 0 fully saturated rings. The fourth-order valence-corrected chi connectivity index (χ4v) is 0.789. The number of rotatable bonds is 8. The first kappa shape index (κ1) is 19.3. The molecule has 19 heavy (non-hydrogen) atoms. The number of ketones is 1. The van der Waals surface area contributed by atoms with Crippen molar-refractivity contribution in [2.45, 2.75) is 31.7 Å². The van der Waals surface area contributed by atoms with E-state index in [9.17, 15) is 19.2 Å². The van der Waals surface area contributed by atoms with Crippen LogP contribution >= 0.6 is 0 Å². The molecule has 0 aromatic rings. The van der Waals surface area contributed by atoms with Gasteiger partial charge in [-0.05, 0) is 19.4 Å². The fourth-order valence-electron chi connectivity index (χ4n) is 0.789. The van der Waals surface area contributed by atoms with Crippen LogP contribution < -0.4 is 11.5 Å². The molecule has 0 aromatic carbocycles. The maximum Gasteiger partial charge on any atom is 0.372 e. The van der Waals surface area contributed by atoms with E-state index in [4.69, 9.17) is 26.8 Å². The third-order valence-corrected chi connectivity index (χ3v) is 1.84. The Morgan fingerprint density at radius 3 is 1.84 bits per heavy atom. The van der Waals surface area contributed by atoms with Crippen LogP contribution in [0.4, 0.5) is 0 Å². The highest BCUT2D eigenvalue weighted by atomic mass is 16.4. The summed E-state index contributed by atoms with van der Waals surface area (Å²) in [6.45, 7) is 0.501. The molecule has 0 aliphatic heterocycles. The van der Waals surface area contributed by atoms with Gasteiger partial charge in [0.05, 0.1) is 6.42 Å². The van der Waals surface area contributed by atoms with Gasteiger partial charge in [0, 0.05) is 6.42 Å². The van der Waals surface area contributed by atoms with Crippen molar-refractivity contribution in [3.63, 3.8) is 0 Å². The van der Waals surface area contributed by atoms with E-state index in [-0.39, 0.29) is 0 Å². The average molecular weight is 278 g/mol. The van der Waals surface area contributed by atoms with E-state index in [1.54, 1.807) is 0 Å². The van der Waals surface area contributed by atoms with Crippen molar-refractivity contribution in [2.24, 2.45) is 11.5 Å². The fraction of sp³-hybridized carbons (Fsp3) is 0.600. The second-order valence-electron chi connectivity index (χ2n) is 3.50. The van der Waals surface area contributed by atoms with Crippen LogP contribution in [-0.4, -0.2) is 51.6 Å². The standard InChI is InChI=1S/C5H12N2O2.C5H6O5/c6-3-1-2-4(7)5(8)9;6-3(5(9)10)1-2-4(7)8/h4H,1-3,6-7H2,(H,8,9);1-2H2,(H,7,8)(H,9,10)/t4-;/m0./s1. The molecule has 0 saturated heterocycles. The Kier molecular flexibility index (Phi) is 11.3. The molecule has 110 valence electrons. The van der Waals surface area contributed by atoms with Gasteiger partial charge in [-0.15, -0.1) is 0 Å². The molecule has 1 atom stereocenters. The van der Waals surface area contributed by atoms with Crippen molar-refractivity contribution in [1.29, 1.82) is 0 Å². The zero-order valence-electron chi connectivity index (χ0n) is 10.2. The monoisotopic (exact) mass is 278 g/mol. The zero-order chi connectivity index (χ0) is 15.4. The third-order valence-electron chi connectivity index (χ3n) is 1.84. The first-order valence-electron chi connectivity index (χ1n) is 5.38. The van der Waals surface area contributed by atoms with E-state index in [2.05, 4.69) is 0 Å². The van der Waals surface area contributed by atoms with Crippen LogP contribution in [0.1, 0.15) is 25.7 Å². The molecular weight excluding hydrogens is 260 g/mol. The molecule has 0 radical (unpaired) electrons. The molecule has 7 N–H and O–H groups in total. The van der Waals surface area contributed by atoms with E-state index < -0.39 is 42.6 Å². The number of nitrogens with two attached hydrogens (primary N) is 2. The minimum Gasteiger partial charge on any atom is -0.481 e. The van der Waals surface area contributed by atoms with E-state index in [0.717, 1.165) is 0 Å². The number of carboxylic acids is 3. The second kappa shape index (κ2) is 11.1. The number of carbonyl (C=O) groups is 4. The molecule has 0 aromatic heterocycles. The average Bonchev–Trinajstić information content (AvgIpc) is 2.33. The van der Waals surface area contributed by atoms with Gasteiger partial charge in [-0.2, -0.15) is 0 Å². The van der Waals surface area contributed by atoms with Gasteiger partial charge in [0.1, 0.15) is 6.04 Å². The Morgan fingerprint density at radius 2 is 1.53 bits per heavy atom. The molecule has 0 saturated carbocycles. The van der Waals surface area contributed by atoms with Crippen molar-refractivity contribution < 1.29 is 34.5 Å². The van der Waals surface area contributed by atoms with Gasteiger partial charge < -0.3 is 26.8 Å². The number of carbonyl (C=O) groups excluding carboxylic acids is 1. The predicted octanol–water partition coefficient (Wildman–Crippen LogP) is -1.36. The summed E-state index contributed by atoms with van der Waals surface area (Å²) < 4.78 is 0. The maximum atomic E-state index is 10.2. The van der Waals surface area contributed by atoms with Gasteiger partial charge in [-0.25, -0.2) is 4.79 Å². The van der Waals surface area contributed by atoms with Crippen LogP contribution in [0.25, 0.3) is 0 Å². The summed E-state index contributed by atoms with van der Waals surface area (Å²) in [4.78, 5) is 39.8. The van der Waals surface area contributed by atoms with Crippen LogP contribution in [0.15, 0.2) is 0 Å². The summed E-state index contributed by atoms with van der Waals surface area (Å²) in [5.41, 5.74) is 10.3. The molecule has 0 rings (SSSR count). The van der Waals surface area contributed by atoms with Gasteiger partial charge >= 0.3 is 17.9 Å². The molecule has 9 nitrogen and oxygen atoms in total. The Labute approximate surface area is 109 Å². The lowest BCUT2D eigenvalue weighted by Gasteiger charge is -2.02. The summed E-state index contributed by atoms with van der Waals surface area (Å²) in [6.07, 6.45) is 0.273. The van der Waals surface area contributed by atoms with Crippen LogP contribution in [-0.2, 0) is 19.2 Å². The molecule has 0 unspecified atom stereocenters. The lowest BCUT2D eigenvalue weighted by atomic mass is 10.2. The summed E-state index contributed by atoms with van der Waals surface area (Å²) in [7, 11) is 0. The van der Waals surface area contributed by atoms with E-state index in [0.29, 0.717) is 19.4 Å². The summed E-state index contributed by atoms with van der Waals surface area (Å²) >= 11 is 0. The van der Waals surface area contributed by atoms with Crippen LogP contribution in [0.5, 0.6) is 0 Å². The Hall–Kier alpha value is -2.00. The van der Waals surface area contributed by atoms with Gasteiger partial charge in [0.2, 0.25) is 5.78 Å². The highest BCUT2D eigenvalue weighted by Gasteiger charge is 2.12. The van der Waals surface area contributed by atoms with E-state index in [1.165, 1.54) is 0 Å². The van der Waals surface area contributed by atoms with Crippen molar-refractivity contribution in [3.8, 4) is 0 Å². The number of Topliss-reactive ketones (excluding diaryl/α,β-unsaturated/α-hetero) is 1. The Balaban J connectivity index is 0. The molecule has 9 heteroatoms. The van der Waals surface area contributed by atoms with Gasteiger partial charge in [-0.1, -0.05) is 0 Å². The van der Waals surface area contributed by atoms with Crippen molar-refractivity contribution >= 4 is 23.7 Å². The molecule has 0 amide bonds. The van der Waals surface area contributed by atoms with Crippen LogP contribution in [0.3, 0.4) is 0 Å². The lowest BCUT2D eigenvalue weighted by Crippen LogP contribution is -2.30. The molecule has 0 spiro atoms. The van der Waals surface area contributed by atoms with Crippen LogP contribution in [0.2, 0.25) is 0 Å². The number of hydrogen-bond acceptors (Lipinski definition) is 6. The summed E-state index contributed by atoms with van der Waals surface area (Å²) in [5, 5.41) is 24.2. The molecule has 0 aliphatic carbocycles. The second-order valence-corrected chi connectivity index (χ2v) is 3.50. The van der Waals surface area contributed by atoms with Crippen molar-refractivity contribution in [2.75, 3.05) is 6.54 Å². The van der Waals surface area contributed by atoms with Gasteiger partial charge in [-0.3, -0.25) is 14.4 Å². The molecule has 0 aliphatic rings. The Morgan fingerprint density at radius 1 is 1.00 bits per heavy atom. The molecular formula is C10H18N2O7. The molecule has 0 bridgehead atoms. The summed E-state index contributed by atoms with van der Waals surface area (Å²) in [6, 6.07) is -0.742. The number of aliphatic carboxylic acids is 3. The lowest BCUT2D eigenvalue weighted by molar-refractivity contribution is -0.149. The normalized spacial score (nSPS) is 10.8. The zero-order valence-corrected chi connectivity index (χ0v) is 10.2. The number of carboxylic acid groups (broad SMARTS) is 3. The van der Waals surface area contributed by atoms with E-state index >= 15 is 0 Å². The minimum atomic E-state index is -1.58. The van der Waals surface area contributed by atoms with Crippen molar-refractivity contribution in [3.05, 3.63) is 0 Å². The smallest absolute Gasteiger partial charge is 0.372 e. The third kappa shape index (κ3) is 13.9. The Bertz CT molecular complexity index is 330. The van der Waals surface area contributed by atoms with Crippen molar-refractivity contribution in [1.82, 2.24) is 0 Å². The maximum absolute atomic E-state index is 10.2. The minimum absolute atomic E-state index is 0.425. The first-order valence-corrected chi connectivity index (χ1v) is 5.38. The predicted molar refractivity (Wildman–Crippen MR) is 63.4 cm³/mol. The van der Waals surface area contributed by atoms with Gasteiger partial charge in [0.15, 0.2) is 0 Å². The quantitative estimate of drug-likeness (QED) is 0.335. The van der Waals surface area contributed by atoms with Crippen LogP contribution in [0, 0.1) is 0 Å². The molecule has 0 heterocycles.